The summed E-state index contributed by atoms with van der Waals surface area (Å²) in [6.45, 7) is 3.14. The predicted octanol–water partition coefficient (Wildman–Crippen LogP) is 2.71. The fourth-order valence-corrected chi connectivity index (χ4v) is 3.20. The number of piperidine rings is 1. The molecule has 27 heavy (non-hydrogen) atoms. The number of carbonyl (C=O) groups excluding carboxylic acids is 1. The van der Waals surface area contributed by atoms with E-state index in [1.165, 1.54) is 0 Å². The topological polar surface area (TPSA) is 91.8 Å². The van der Waals surface area contributed by atoms with Crippen molar-refractivity contribution < 1.29 is 19.4 Å². The van der Waals surface area contributed by atoms with Crippen molar-refractivity contribution >= 4 is 23.3 Å². The average Bonchev–Trinajstić information content (AvgIpc) is 2.69. The molecule has 0 unspecified atom stereocenters. The summed E-state index contributed by atoms with van der Waals surface area (Å²) < 4.78 is 5.16. The molecule has 1 aliphatic heterocycles. The molecule has 1 saturated heterocycles. The molecule has 1 aliphatic rings. The van der Waals surface area contributed by atoms with E-state index in [0.717, 1.165) is 42.9 Å². The van der Waals surface area contributed by atoms with Crippen LogP contribution in [0.3, 0.4) is 0 Å². The van der Waals surface area contributed by atoms with Gasteiger partial charge in [0.1, 0.15) is 5.75 Å². The molecule has 7 heteroatoms. The van der Waals surface area contributed by atoms with Crippen molar-refractivity contribution in [1.82, 2.24) is 4.98 Å². The molecule has 0 spiro atoms. The van der Waals surface area contributed by atoms with Gasteiger partial charge in [-0.1, -0.05) is 0 Å². The van der Waals surface area contributed by atoms with Crippen molar-refractivity contribution in [2.75, 3.05) is 29.9 Å². The first-order valence-corrected chi connectivity index (χ1v) is 8.94. The molecule has 0 saturated carbocycles. The summed E-state index contributed by atoms with van der Waals surface area (Å²) in [7, 11) is 0. The molecule has 1 amide bonds. The number of anilines is 2. The van der Waals surface area contributed by atoms with E-state index in [2.05, 4.69) is 15.2 Å². The minimum atomic E-state index is -1.02. The maximum absolute atomic E-state index is 12.6. The Bertz CT molecular complexity index is 802. The Morgan fingerprint density at radius 3 is 2.56 bits per heavy atom. The number of ether oxygens (including phenoxy) is 1. The molecular formula is C20H23N3O4. The number of hydrogen-bond acceptors (Lipinski definition) is 5. The number of aliphatic carboxylic acids is 1. The fraction of sp³-hybridized carbons (Fsp3) is 0.350. The van der Waals surface area contributed by atoms with Crippen LogP contribution in [-0.4, -0.2) is 41.7 Å². The number of benzene rings is 1. The number of carbonyl (C=O) groups is 2. The Morgan fingerprint density at radius 2 is 1.93 bits per heavy atom. The minimum absolute atomic E-state index is 0.0201. The number of nitrogens with one attached hydrogen (secondary N) is 1. The van der Waals surface area contributed by atoms with Gasteiger partial charge in [-0.15, -0.1) is 0 Å². The third-order valence-electron chi connectivity index (χ3n) is 4.71. The normalized spacial score (nSPS) is 14.6. The van der Waals surface area contributed by atoms with E-state index in [1.807, 2.05) is 19.1 Å². The number of nitrogens with zero attached hydrogens (tertiary/aromatic N) is 2. The van der Waals surface area contributed by atoms with Gasteiger partial charge >= 0.3 is 5.97 Å². The number of carboxylic acid groups (broad SMARTS) is 1. The van der Waals surface area contributed by atoms with Crippen LogP contribution in [0, 0.1) is 12.8 Å². The zero-order chi connectivity index (χ0) is 19.2. The van der Waals surface area contributed by atoms with Gasteiger partial charge in [-0.2, -0.15) is 0 Å². The van der Waals surface area contributed by atoms with Gasteiger partial charge < -0.3 is 20.1 Å². The van der Waals surface area contributed by atoms with Gasteiger partial charge in [0.05, 0.1) is 0 Å². The first-order valence-electron chi connectivity index (χ1n) is 8.94. The van der Waals surface area contributed by atoms with E-state index in [0.29, 0.717) is 5.75 Å². The third-order valence-corrected chi connectivity index (χ3v) is 4.71. The van der Waals surface area contributed by atoms with Crippen LogP contribution >= 0.6 is 0 Å². The molecule has 0 radical (unpaired) electrons. The summed E-state index contributed by atoms with van der Waals surface area (Å²) in [4.78, 5) is 29.5. The highest BCUT2D eigenvalue weighted by Crippen LogP contribution is 2.26. The van der Waals surface area contributed by atoms with Crippen LogP contribution in [-0.2, 0) is 9.59 Å². The van der Waals surface area contributed by atoms with Crippen LogP contribution in [0.4, 0.5) is 11.4 Å². The summed E-state index contributed by atoms with van der Waals surface area (Å²) in [6.07, 6.45) is 5.15. The molecule has 142 valence electrons. The number of rotatable bonds is 6. The number of carboxylic acids is 1. The molecule has 0 bridgehead atoms. The van der Waals surface area contributed by atoms with Gasteiger partial charge in [0.15, 0.2) is 6.61 Å². The van der Waals surface area contributed by atoms with Crippen molar-refractivity contribution in [2.24, 2.45) is 5.92 Å². The van der Waals surface area contributed by atoms with Crippen LogP contribution in [0.2, 0.25) is 0 Å². The standard InChI is InChI=1S/C20H23N3O4/c1-14-12-17(27-13-19(24)25)2-3-18(14)22-20(26)15-6-10-23(11-7-15)16-4-8-21-9-5-16/h2-5,8-9,12,15H,6-7,10-11,13H2,1H3,(H,22,26)(H,24,25). The van der Waals surface area contributed by atoms with Crippen LogP contribution in [0.25, 0.3) is 0 Å². The largest absolute Gasteiger partial charge is 0.482 e. The maximum atomic E-state index is 12.6. The lowest BCUT2D eigenvalue weighted by atomic mass is 9.95. The van der Waals surface area contributed by atoms with Crippen LogP contribution < -0.4 is 15.0 Å². The van der Waals surface area contributed by atoms with Crippen molar-refractivity contribution in [1.29, 1.82) is 0 Å². The van der Waals surface area contributed by atoms with E-state index >= 15 is 0 Å². The van der Waals surface area contributed by atoms with E-state index in [9.17, 15) is 9.59 Å². The van der Waals surface area contributed by atoms with Gasteiger partial charge in [-0.25, -0.2) is 4.79 Å². The molecule has 2 N–H and O–H groups in total. The highest BCUT2D eigenvalue weighted by Gasteiger charge is 2.25. The predicted molar refractivity (Wildman–Crippen MR) is 102 cm³/mol. The summed E-state index contributed by atoms with van der Waals surface area (Å²) in [5, 5.41) is 11.7. The van der Waals surface area contributed by atoms with E-state index < -0.39 is 5.97 Å². The van der Waals surface area contributed by atoms with Crippen LogP contribution in [0.15, 0.2) is 42.7 Å². The minimum Gasteiger partial charge on any atom is -0.482 e. The van der Waals surface area contributed by atoms with Gasteiger partial charge in [-0.05, 0) is 55.7 Å². The van der Waals surface area contributed by atoms with Gasteiger partial charge in [0, 0.05) is 42.8 Å². The van der Waals surface area contributed by atoms with Crippen LogP contribution in [0.1, 0.15) is 18.4 Å². The molecule has 2 heterocycles. The van der Waals surface area contributed by atoms with Crippen LogP contribution in [0.5, 0.6) is 5.75 Å². The fourth-order valence-electron chi connectivity index (χ4n) is 3.20. The molecule has 0 aliphatic carbocycles. The van der Waals surface area contributed by atoms with Gasteiger partial charge in [-0.3, -0.25) is 9.78 Å². The Morgan fingerprint density at radius 1 is 1.22 bits per heavy atom. The third kappa shape index (κ3) is 4.97. The molecule has 0 atom stereocenters. The van der Waals surface area contributed by atoms with E-state index in [4.69, 9.17) is 9.84 Å². The lowest BCUT2D eigenvalue weighted by Gasteiger charge is -2.33. The number of aromatic nitrogens is 1. The molecular weight excluding hydrogens is 346 g/mol. The molecule has 1 fully saturated rings. The van der Waals surface area contributed by atoms with Crippen molar-refractivity contribution in [2.45, 2.75) is 19.8 Å². The van der Waals surface area contributed by atoms with Crippen molar-refractivity contribution in [3.05, 3.63) is 48.3 Å². The lowest BCUT2D eigenvalue weighted by molar-refractivity contribution is -0.139. The molecule has 7 nitrogen and oxygen atoms in total. The second-order valence-corrected chi connectivity index (χ2v) is 6.62. The molecule has 3 rings (SSSR count). The summed E-state index contributed by atoms with van der Waals surface area (Å²) in [5.74, 6) is -0.557. The Balaban J connectivity index is 1.54. The number of aryl methyl sites for hydroxylation is 1. The second kappa shape index (κ2) is 8.53. The molecule has 2 aromatic rings. The zero-order valence-corrected chi connectivity index (χ0v) is 15.2. The van der Waals surface area contributed by atoms with Crippen molar-refractivity contribution in [3.63, 3.8) is 0 Å². The Hall–Kier alpha value is -3.09. The summed E-state index contributed by atoms with van der Waals surface area (Å²) in [5.41, 5.74) is 2.69. The Kier molecular flexibility index (Phi) is 5.90. The monoisotopic (exact) mass is 369 g/mol. The number of hydrogen-bond donors (Lipinski definition) is 2. The highest BCUT2D eigenvalue weighted by molar-refractivity contribution is 5.93. The average molecular weight is 369 g/mol. The van der Waals surface area contributed by atoms with Gasteiger partial charge in [0.25, 0.3) is 0 Å². The maximum Gasteiger partial charge on any atom is 0.341 e. The summed E-state index contributed by atoms with van der Waals surface area (Å²) >= 11 is 0. The van der Waals surface area contributed by atoms with Gasteiger partial charge in [0.2, 0.25) is 5.91 Å². The molecule has 1 aromatic heterocycles. The van der Waals surface area contributed by atoms with Crippen molar-refractivity contribution in [3.8, 4) is 5.75 Å². The first-order chi connectivity index (χ1) is 13.0. The molecule has 1 aromatic carbocycles. The smallest absolute Gasteiger partial charge is 0.341 e. The second-order valence-electron chi connectivity index (χ2n) is 6.62. The summed E-state index contributed by atoms with van der Waals surface area (Å²) in [6, 6.07) is 9.11. The van der Waals surface area contributed by atoms with E-state index in [1.54, 1.807) is 30.6 Å². The lowest BCUT2D eigenvalue weighted by Crippen LogP contribution is -2.38. The number of pyridine rings is 1. The number of amides is 1. The highest BCUT2D eigenvalue weighted by atomic mass is 16.5. The first kappa shape index (κ1) is 18.7. The van der Waals surface area contributed by atoms with E-state index in [-0.39, 0.29) is 18.4 Å². The SMILES string of the molecule is Cc1cc(OCC(=O)O)ccc1NC(=O)C1CCN(c2ccncc2)CC1. The Labute approximate surface area is 158 Å². The quantitative estimate of drug-likeness (QED) is 0.813. The zero-order valence-electron chi connectivity index (χ0n) is 15.2.